The summed E-state index contributed by atoms with van der Waals surface area (Å²) in [5.41, 5.74) is 1.79. The van der Waals surface area contributed by atoms with Gasteiger partial charge in [-0.3, -0.25) is 14.7 Å². The average molecular weight is 313 g/mol. The summed E-state index contributed by atoms with van der Waals surface area (Å²) in [5, 5.41) is 12.3. The number of hydrogen-bond donors (Lipinski definition) is 3. The molecule has 0 aromatic carbocycles. The maximum Gasteiger partial charge on any atom is 0.276 e. The average Bonchev–Trinajstić information content (AvgIpc) is 3.25. The number of carbonyl (C=O) groups excluding carboxylic acids is 2. The van der Waals surface area contributed by atoms with Crippen molar-refractivity contribution in [3.05, 3.63) is 35.8 Å². The van der Waals surface area contributed by atoms with Crippen LogP contribution >= 0.6 is 0 Å². The van der Waals surface area contributed by atoms with Gasteiger partial charge in [0.15, 0.2) is 5.69 Å². The summed E-state index contributed by atoms with van der Waals surface area (Å²) in [4.78, 5) is 27.9. The molecule has 7 heteroatoms. The maximum absolute atomic E-state index is 12.1. The second kappa shape index (κ2) is 6.20. The summed E-state index contributed by atoms with van der Waals surface area (Å²) < 4.78 is 0. The van der Waals surface area contributed by atoms with E-state index < -0.39 is 0 Å². The van der Waals surface area contributed by atoms with E-state index in [1.165, 1.54) is 6.20 Å². The second-order valence-electron chi connectivity index (χ2n) is 6.01. The molecule has 1 aliphatic rings. The van der Waals surface area contributed by atoms with Crippen LogP contribution in [-0.2, 0) is 4.79 Å². The molecular formula is C16H19N5O2. The first-order valence-corrected chi connectivity index (χ1v) is 7.66. The van der Waals surface area contributed by atoms with E-state index in [0.29, 0.717) is 17.2 Å². The highest BCUT2D eigenvalue weighted by Crippen LogP contribution is 2.30. The molecule has 0 unspecified atom stereocenters. The first-order chi connectivity index (χ1) is 11.0. The van der Waals surface area contributed by atoms with Crippen molar-refractivity contribution >= 4 is 23.3 Å². The van der Waals surface area contributed by atoms with Crippen LogP contribution in [0.3, 0.4) is 0 Å². The number of H-pyrrole nitrogens is 1. The van der Waals surface area contributed by atoms with Crippen LogP contribution in [0.25, 0.3) is 0 Å². The van der Waals surface area contributed by atoms with Crippen LogP contribution in [0.4, 0.5) is 11.5 Å². The Hall–Kier alpha value is -2.70. The van der Waals surface area contributed by atoms with Crippen molar-refractivity contribution in [3.8, 4) is 0 Å². The standard InChI is InChI=1S/C16H19N5O2/c1-9(2)12-7-13(21-20-12)16(23)18-11-5-6-14(17-8-11)19-15(22)10-3-4-10/h5-10H,3-4H2,1-2H3,(H,18,23)(H,20,21)(H,17,19,22). The molecule has 7 nitrogen and oxygen atoms in total. The van der Waals surface area contributed by atoms with Gasteiger partial charge in [-0.25, -0.2) is 4.98 Å². The molecule has 1 fully saturated rings. The molecule has 2 heterocycles. The first kappa shape index (κ1) is 15.2. The van der Waals surface area contributed by atoms with Gasteiger partial charge < -0.3 is 10.6 Å². The van der Waals surface area contributed by atoms with Crippen LogP contribution in [0.5, 0.6) is 0 Å². The minimum absolute atomic E-state index is 0.00650. The predicted octanol–water partition coefficient (Wildman–Crippen LogP) is 2.53. The molecule has 0 spiro atoms. The number of nitrogens with one attached hydrogen (secondary N) is 3. The molecule has 0 saturated heterocycles. The van der Waals surface area contributed by atoms with Crippen molar-refractivity contribution in [2.24, 2.45) is 5.92 Å². The van der Waals surface area contributed by atoms with Gasteiger partial charge in [-0.15, -0.1) is 0 Å². The lowest BCUT2D eigenvalue weighted by Gasteiger charge is -2.05. The third-order valence-electron chi connectivity index (χ3n) is 3.67. The Labute approximate surface area is 133 Å². The Morgan fingerprint density at radius 1 is 1.26 bits per heavy atom. The minimum atomic E-state index is -0.301. The van der Waals surface area contributed by atoms with E-state index in [4.69, 9.17) is 0 Å². The fourth-order valence-electron chi connectivity index (χ4n) is 2.06. The zero-order valence-electron chi connectivity index (χ0n) is 13.1. The molecule has 3 N–H and O–H groups in total. The van der Waals surface area contributed by atoms with Gasteiger partial charge in [-0.1, -0.05) is 13.8 Å². The lowest BCUT2D eigenvalue weighted by molar-refractivity contribution is -0.117. The largest absolute Gasteiger partial charge is 0.319 e. The Morgan fingerprint density at radius 2 is 2.04 bits per heavy atom. The van der Waals surface area contributed by atoms with Gasteiger partial charge in [0.05, 0.1) is 11.9 Å². The number of amides is 2. The quantitative estimate of drug-likeness (QED) is 0.789. The van der Waals surface area contributed by atoms with Crippen LogP contribution < -0.4 is 10.6 Å². The number of rotatable bonds is 5. The number of anilines is 2. The van der Waals surface area contributed by atoms with Crippen molar-refractivity contribution in [2.45, 2.75) is 32.6 Å². The SMILES string of the molecule is CC(C)c1cc(C(=O)Nc2ccc(NC(=O)C3CC3)nc2)n[nH]1. The summed E-state index contributed by atoms with van der Waals surface area (Å²) in [6, 6.07) is 5.10. The Balaban J connectivity index is 1.60. The van der Waals surface area contributed by atoms with Crippen LogP contribution in [-0.4, -0.2) is 27.0 Å². The Kier molecular flexibility index (Phi) is 4.10. The van der Waals surface area contributed by atoms with Gasteiger partial charge in [0.1, 0.15) is 5.82 Å². The number of aromatic nitrogens is 3. The van der Waals surface area contributed by atoms with Gasteiger partial charge in [0.2, 0.25) is 5.91 Å². The zero-order chi connectivity index (χ0) is 16.4. The van der Waals surface area contributed by atoms with Gasteiger partial charge in [-0.2, -0.15) is 5.10 Å². The van der Waals surface area contributed by atoms with Gasteiger partial charge in [0.25, 0.3) is 5.91 Å². The van der Waals surface area contributed by atoms with Crippen LogP contribution in [0.1, 0.15) is 48.8 Å². The number of carbonyl (C=O) groups is 2. The minimum Gasteiger partial charge on any atom is -0.319 e. The molecule has 120 valence electrons. The highest BCUT2D eigenvalue weighted by atomic mass is 16.2. The van der Waals surface area contributed by atoms with E-state index >= 15 is 0 Å². The summed E-state index contributed by atoms with van der Waals surface area (Å²) in [6.07, 6.45) is 3.40. The van der Waals surface area contributed by atoms with Crippen molar-refractivity contribution < 1.29 is 9.59 Å². The normalized spacial score (nSPS) is 13.9. The summed E-state index contributed by atoms with van der Waals surface area (Å²) >= 11 is 0. The molecule has 23 heavy (non-hydrogen) atoms. The predicted molar refractivity (Wildman–Crippen MR) is 86.2 cm³/mol. The highest BCUT2D eigenvalue weighted by molar-refractivity contribution is 6.03. The molecule has 0 atom stereocenters. The molecule has 3 rings (SSSR count). The fourth-order valence-corrected chi connectivity index (χ4v) is 2.06. The third kappa shape index (κ3) is 3.74. The summed E-state index contributed by atoms with van der Waals surface area (Å²) in [6.45, 7) is 4.04. The van der Waals surface area contributed by atoms with Crippen LogP contribution in [0, 0.1) is 5.92 Å². The smallest absolute Gasteiger partial charge is 0.276 e. The Morgan fingerprint density at radius 3 is 2.61 bits per heavy atom. The van der Waals surface area contributed by atoms with E-state index in [0.717, 1.165) is 18.5 Å². The molecule has 2 aromatic heterocycles. The summed E-state index contributed by atoms with van der Waals surface area (Å²) in [7, 11) is 0. The van der Waals surface area contributed by atoms with E-state index in [1.807, 2.05) is 13.8 Å². The molecule has 0 aliphatic heterocycles. The number of aromatic amines is 1. The van der Waals surface area contributed by atoms with Crippen molar-refractivity contribution in [2.75, 3.05) is 10.6 Å². The van der Waals surface area contributed by atoms with Crippen molar-refractivity contribution in [3.63, 3.8) is 0 Å². The molecule has 1 saturated carbocycles. The molecular weight excluding hydrogens is 294 g/mol. The lowest BCUT2D eigenvalue weighted by atomic mass is 10.1. The fraction of sp³-hybridized carbons (Fsp3) is 0.375. The van der Waals surface area contributed by atoms with Crippen molar-refractivity contribution in [1.29, 1.82) is 0 Å². The molecule has 1 aliphatic carbocycles. The van der Waals surface area contributed by atoms with E-state index in [9.17, 15) is 9.59 Å². The molecule has 2 aromatic rings. The third-order valence-corrected chi connectivity index (χ3v) is 3.67. The van der Waals surface area contributed by atoms with E-state index in [-0.39, 0.29) is 23.7 Å². The van der Waals surface area contributed by atoms with Crippen molar-refractivity contribution in [1.82, 2.24) is 15.2 Å². The summed E-state index contributed by atoms with van der Waals surface area (Å²) in [5.74, 6) is 0.601. The monoisotopic (exact) mass is 313 g/mol. The maximum atomic E-state index is 12.1. The number of nitrogens with zero attached hydrogens (tertiary/aromatic N) is 2. The molecule has 0 bridgehead atoms. The number of pyridine rings is 1. The topological polar surface area (TPSA) is 99.8 Å². The van der Waals surface area contributed by atoms with E-state index in [1.54, 1.807) is 18.2 Å². The molecule has 2 amide bonds. The van der Waals surface area contributed by atoms with Gasteiger partial charge in [-0.05, 0) is 37.0 Å². The zero-order valence-corrected chi connectivity index (χ0v) is 13.1. The van der Waals surface area contributed by atoms with Gasteiger partial charge in [0, 0.05) is 11.6 Å². The molecule has 0 radical (unpaired) electrons. The highest BCUT2D eigenvalue weighted by Gasteiger charge is 2.29. The van der Waals surface area contributed by atoms with Crippen LogP contribution in [0.2, 0.25) is 0 Å². The first-order valence-electron chi connectivity index (χ1n) is 7.66. The van der Waals surface area contributed by atoms with Crippen LogP contribution in [0.15, 0.2) is 24.4 Å². The second-order valence-corrected chi connectivity index (χ2v) is 6.01. The lowest BCUT2D eigenvalue weighted by Crippen LogP contribution is -2.15. The van der Waals surface area contributed by atoms with E-state index in [2.05, 4.69) is 25.8 Å². The Bertz CT molecular complexity index is 716. The number of hydrogen-bond acceptors (Lipinski definition) is 4. The van der Waals surface area contributed by atoms with Gasteiger partial charge >= 0.3 is 0 Å².